The van der Waals surface area contributed by atoms with Crippen LogP contribution in [-0.4, -0.2) is 30.4 Å². The van der Waals surface area contributed by atoms with Gasteiger partial charge in [-0.25, -0.2) is 0 Å². The molecule has 4 aliphatic carbocycles. The molecule has 5 nitrogen and oxygen atoms in total. The molecule has 0 aromatic carbocycles. The lowest BCUT2D eigenvalue weighted by Gasteiger charge is -2.61. The second-order valence-corrected chi connectivity index (χ2v) is 11.1. The summed E-state index contributed by atoms with van der Waals surface area (Å²) in [5, 5.41) is 0. The quantitative estimate of drug-likeness (QED) is 0.619. The summed E-state index contributed by atoms with van der Waals surface area (Å²) in [6.45, 7) is 7.66. The van der Waals surface area contributed by atoms with Crippen LogP contribution in [0.15, 0.2) is 0 Å². The Kier molecular flexibility index (Phi) is 5.78. The van der Waals surface area contributed by atoms with Gasteiger partial charge in [0.2, 0.25) is 0 Å². The summed E-state index contributed by atoms with van der Waals surface area (Å²) < 4.78 is 10.6. The maximum Gasteiger partial charge on any atom is 0.303 e. The average Bonchev–Trinajstić information content (AvgIpc) is 3.03. The van der Waals surface area contributed by atoms with Gasteiger partial charge in [-0.05, 0) is 92.3 Å². The van der Waals surface area contributed by atoms with Crippen LogP contribution in [0.1, 0.15) is 85.5 Å². The Morgan fingerprint density at radius 1 is 0.833 bits per heavy atom. The third-order valence-corrected chi connectivity index (χ3v) is 9.76. The highest BCUT2D eigenvalue weighted by Gasteiger charge is 2.61. The second kappa shape index (κ2) is 7.94. The first-order valence-electron chi connectivity index (χ1n) is 12.0. The highest BCUT2D eigenvalue weighted by Crippen LogP contribution is 2.67. The van der Waals surface area contributed by atoms with Crippen molar-refractivity contribution in [3.8, 4) is 0 Å². The fraction of sp³-hybridized carbons (Fsp3) is 0.880. The van der Waals surface area contributed by atoms with Crippen LogP contribution in [0.5, 0.6) is 0 Å². The minimum atomic E-state index is -0.373. The van der Waals surface area contributed by atoms with Crippen LogP contribution in [0.25, 0.3) is 0 Å². The summed E-state index contributed by atoms with van der Waals surface area (Å²) in [5.41, 5.74) is 0.386. The van der Waals surface area contributed by atoms with E-state index < -0.39 is 0 Å². The molecule has 4 fully saturated rings. The van der Waals surface area contributed by atoms with E-state index in [1.165, 1.54) is 33.1 Å². The van der Waals surface area contributed by atoms with Crippen LogP contribution in [-0.2, 0) is 23.9 Å². The molecule has 4 rings (SSSR count). The van der Waals surface area contributed by atoms with Crippen molar-refractivity contribution in [3.05, 3.63) is 0 Å². The van der Waals surface area contributed by atoms with Gasteiger partial charge in [-0.2, -0.15) is 0 Å². The summed E-state index contributed by atoms with van der Waals surface area (Å²) in [4.78, 5) is 35.5. The Morgan fingerprint density at radius 3 is 2.23 bits per heavy atom. The van der Waals surface area contributed by atoms with Crippen LogP contribution in [0.3, 0.4) is 0 Å². The van der Waals surface area contributed by atoms with Gasteiger partial charge in [0.1, 0.15) is 12.7 Å². The Balaban J connectivity index is 1.48. The molecule has 0 amide bonds. The summed E-state index contributed by atoms with van der Waals surface area (Å²) in [6.07, 6.45) is 10.1. The average molecular weight is 419 g/mol. The van der Waals surface area contributed by atoms with E-state index in [1.54, 1.807) is 0 Å². The smallest absolute Gasteiger partial charge is 0.303 e. The van der Waals surface area contributed by atoms with E-state index in [1.807, 2.05) is 0 Å². The summed E-state index contributed by atoms with van der Waals surface area (Å²) >= 11 is 0. The largest absolute Gasteiger partial charge is 0.463 e. The minimum Gasteiger partial charge on any atom is -0.463 e. The highest BCUT2D eigenvalue weighted by atomic mass is 16.5. The van der Waals surface area contributed by atoms with Gasteiger partial charge in [0.25, 0.3) is 0 Å². The summed E-state index contributed by atoms with van der Waals surface area (Å²) in [5.74, 6) is 2.29. The molecule has 30 heavy (non-hydrogen) atoms. The van der Waals surface area contributed by atoms with Crippen LogP contribution < -0.4 is 0 Å². The minimum absolute atomic E-state index is 0.0352. The van der Waals surface area contributed by atoms with Gasteiger partial charge in [-0.1, -0.05) is 13.8 Å². The molecule has 4 aliphatic rings. The molecule has 4 saturated carbocycles. The van der Waals surface area contributed by atoms with Crippen molar-refractivity contribution in [3.63, 3.8) is 0 Å². The van der Waals surface area contributed by atoms with Crippen molar-refractivity contribution in [2.75, 3.05) is 6.61 Å². The van der Waals surface area contributed by atoms with Gasteiger partial charge >= 0.3 is 11.9 Å². The Bertz CT molecular complexity index is 716. The standard InChI is InChI=1S/C25H38O5/c1-15(26)29-14-23(28)22-8-7-20-19-6-5-17-13-18(30-16(2)27)9-11-24(17,3)21(19)10-12-25(20,22)4/h17-22H,5-14H2,1-4H3. The van der Waals surface area contributed by atoms with Crippen molar-refractivity contribution < 1.29 is 23.9 Å². The van der Waals surface area contributed by atoms with Crippen molar-refractivity contribution >= 4 is 17.7 Å². The topological polar surface area (TPSA) is 69.7 Å². The maximum absolute atomic E-state index is 12.9. The fourth-order valence-corrected chi connectivity index (χ4v) is 8.36. The van der Waals surface area contributed by atoms with Gasteiger partial charge < -0.3 is 9.47 Å². The third-order valence-electron chi connectivity index (χ3n) is 9.76. The second-order valence-electron chi connectivity index (χ2n) is 11.1. The Morgan fingerprint density at radius 2 is 1.53 bits per heavy atom. The molecule has 0 aromatic heterocycles. The number of carbonyl (C=O) groups is 3. The summed E-state index contributed by atoms with van der Waals surface area (Å²) in [7, 11) is 0. The zero-order valence-corrected chi connectivity index (χ0v) is 19.1. The normalized spacial score (nSPS) is 44.9. The maximum atomic E-state index is 12.9. The molecule has 8 unspecified atom stereocenters. The van der Waals surface area contributed by atoms with Crippen LogP contribution in [0.4, 0.5) is 0 Å². The van der Waals surface area contributed by atoms with Crippen LogP contribution in [0.2, 0.25) is 0 Å². The first-order valence-corrected chi connectivity index (χ1v) is 12.0. The van der Waals surface area contributed by atoms with E-state index in [0.717, 1.165) is 44.4 Å². The zero-order valence-electron chi connectivity index (χ0n) is 19.1. The van der Waals surface area contributed by atoms with E-state index in [9.17, 15) is 14.4 Å². The van der Waals surface area contributed by atoms with E-state index in [2.05, 4.69) is 13.8 Å². The molecule has 0 N–H and O–H groups in total. The number of rotatable bonds is 4. The molecule has 0 spiro atoms. The SMILES string of the molecule is CC(=O)OCC(=O)C1CCC2C3CCC4CC(OC(C)=O)CCC4(C)C3CCC12C. The van der Waals surface area contributed by atoms with Gasteiger partial charge in [0.15, 0.2) is 5.78 Å². The molecule has 168 valence electrons. The molecular formula is C25H38O5. The molecule has 0 heterocycles. The van der Waals surface area contributed by atoms with Crippen molar-refractivity contribution in [2.24, 2.45) is 40.4 Å². The predicted molar refractivity (Wildman–Crippen MR) is 112 cm³/mol. The van der Waals surface area contributed by atoms with Gasteiger partial charge in [0, 0.05) is 19.8 Å². The van der Waals surface area contributed by atoms with Gasteiger partial charge in [0.05, 0.1) is 0 Å². The van der Waals surface area contributed by atoms with Crippen LogP contribution in [0, 0.1) is 40.4 Å². The van der Waals surface area contributed by atoms with Crippen molar-refractivity contribution in [1.82, 2.24) is 0 Å². The lowest BCUT2D eigenvalue weighted by molar-refractivity contribution is -0.161. The summed E-state index contributed by atoms with van der Waals surface area (Å²) in [6, 6.07) is 0. The number of ether oxygens (including phenoxy) is 2. The third kappa shape index (κ3) is 3.60. The molecule has 5 heteroatoms. The van der Waals surface area contributed by atoms with E-state index in [0.29, 0.717) is 23.2 Å². The fourth-order valence-electron chi connectivity index (χ4n) is 8.36. The van der Waals surface area contributed by atoms with E-state index in [-0.39, 0.29) is 41.8 Å². The highest BCUT2D eigenvalue weighted by molar-refractivity contribution is 5.85. The van der Waals surface area contributed by atoms with Gasteiger partial charge in [-0.3, -0.25) is 14.4 Å². The monoisotopic (exact) mass is 418 g/mol. The molecule has 0 aromatic rings. The first-order chi connectivity index (χ1) is 14.1. The Hall–Kier alpha value is -1.39. The van der Waals surface area contributed by atoms with E-state index in [4.69, 9.17) is 9.47 Å². The zero-order chi connectivity index (χ0) is 21.7. The number of carbonyl (C=O) groups excluding carboxylic acids is 3. The van der Waals surface area contributed by atoms with Gasteiger partial charge in [-0.15, -0.1) is 0 Å². The van der Waals surface area contributed by atoms with Crippen molar-refractivity contribution in [2.45, 2.75) is 91.6 Å². The molecule has 8 atom stereocenters. The lowest BCUT2D eigenvalue weighted by Crippen LogP contribution is -2.54. The Labute approximate surface area is 180 Å². The molecule has 0 aliphatic heterocycles. The molecule has 0 radical (unpaired) electrons. The van der Waals surface area contributed by atoms with Crippen molar-refractivity contribution in [1.29, 1.82) is 0 Å². The van der Waals surface area contributed by atoms with Crippen LogP contribution >= 0.6 is 0 Å². The number of fused-ring (bicyclic) bond motifs is 5. The number of hydrogen-bond acceptors (Lipinski definition) is 5. The first kappa shape index (κ1) is 21.8. The lowest BCUT2D eigenvalue weighted by atomic mass is 9.44. The van der Waals surface area contributed by atoms with E-state index >= 15 is 0 Å². The molecule has 0 bridgehead atoms. The number of esters is 2. The molecular weight excluding hydrogens is 380 g/mol. The molecule has 0 saturated heterocycles. The predicted octanol–water partition coefficient (Wildman–Crippen LogP) is 4.71. The number of Topliss-reactive ketones (excluding diaryl/α,β-unsaturated/α-hetero) is 1. The number of ketones is 1. The number of hydrogen-bond donors (Lipinski definition) is 0.